The summed E-state index contributed by atoms with van der Waals surface area (Å²) in [5.74, 6) is 0.838. The summed E-state index contributed by atoms with van der Waals surface area (Å²) in [5, 5.41) is 18.0. The number of fused-ring (bicyclic) bond motifs is 1. The second-order valence-corrected chi connectivity index (χ2v) is 9.49. The molecule has 0 saturated heterocycles. The number of aromatic amines is 1. The molecule has 3 aromatic carbocycles. The smallest absolute Gasteiger partial charge is 0.251 e. The van der Waals surface area contributed by atoms with E-state index in [9.17, 15) is 9.90 Å². The topological polar surface area (TPSA) is 131 Å². The molecule has 0 aliphatic carbocycles. The zero-order chi connectivity index (χ0) is 28.2. The summed E-state index contributed by atoms with van der Waals surface area (Å²) in [6, 6.07) is 23.9. The Kier molecular flexibility index (Phi) is 7.10. The number of imidazole rings is 1. The molecule has 204 valence electrons. The van der Waals surface area contributed by atoms with Crippen LogP contribution in [0.25, 0.3) is 33.5 Å². The van der Waals surface area contributed by atoms with Crippen LogP contribution in [-0.2, 0) is 6.54 Å². The van der Waals surface area contributed by atoms with Gasteiger partial charge in [0.25, 0.3) is 5.91 Å². The molecule has 0 saturated carbocycles. The van der Waals surface area contributed by atoms with Crippen LogP contribution in [0.5, 0.6) is 11.6 Å². The molecule has 10 nitrogen and oxygen atoms in total. The van der Waals surface area contributed by atoms with E-state index in [1.165, 1.54) is 6.33 Å². The SMILES string of the molecule is COc1ncccc1-c1ccc(O)c(-c2nc3ccc(C(=O)NC(CCn4cncn4)c4ccccc4)cc3[nH]2)c1. The normalized spacial score (nSPS) is 11.8. The van der Waals surface area contributed by atoms with Crippen LogP contribution in [-0.4, -0.2) is 47.8 Å². The van der Waals surface area contributed by atoms with Gasteiger partial charge in [-0.1, -0.05) is 36.4 Å². The fourth-order valence-electron chi connectivity index (χ4n) is 4.80. The Labute approximate surface area is 235 Å². The molecule has 0 aliphatic heterocycles. The molecule has 3 aromatic heterocycles. The lowest BCUT2D eigenvalue weighted by molar-refractivity contribution is 0.0933. The number of aryl methyl sites for hydroxylation is 1. The number of hydrogen-bond acceptors (Lipinski definition) is 7. The average Bonchev–Trinajstić information content (AvgIpc) is 3.69. The fourth-order valence-corrected chi connectivity index (χ4v) is 4.80. The van der Waals surface area contributed by atoms with Gasteiger partial charge in [0.2, 0.25) is 5.88 Å². The molecule has 10 heteroatoms. The molecule has 3 N–H and O–H groups in total. The highest BCUT2D eigenvalue weighted by Crippen LogP contribution is 2.35. The third-order valence-electron chi connectivity index (χ3n) is 6.89. The van der Waals surface area contributed by atoms with E-state index >= 15 is 0 Å². The van der Waals surface area contributed by atoms with Gasteiger partial charge in [0.05, 0.1) is 29.7 Å². The zero-order valence-corrected chi connectivity index (χ0v) is 22.2. The maximum atomic E-state index is 13.4. The standard InChI is InChI=1S/C31H27N7O3/c1-41-31-23(8-5-14-33-31)21-10-12-28(39)24(16-21)29-35-26-11-9-22(17-27(26)36-29)30(40)37-25(20-6-3-2-4-7-20)13-15-38-19-32-18-34-38/h2-12,14,16-19,25,39H,13,15H2,1H3,(H,35,36)(H,37,40). The Bertz CT molecular complexity index is 1800. The van der Waals surface area contributed by atoms with Crippen molar-refractivity contribution in [2.45, 2.75) is 19.0 Å². The molecule has 0 bridgehead atoms. The Hall–Kier alpha value is -5.51. The van der Waals surface area contributed by atoms with Crippen LogP contribution >= 0.6 is 0 Å². The molecular formula is C31H27N7O3. The van der Waals surface area contributed by atoms with Crippen LogP contribution < -0.4 is 10.1 Å². The van der Waals surface area contributed by atoms with E-state index in [0.717, 1.165) is 16.7 Å². The van der Waals surface area contributed by atoms with Gasteiger partial charge >= 0.3 is 0 Å². The number of ether oxygens (including phenoxy) is 1. The molecule has 1 unspecified atom stereocenters. The number of methoxy groups -OCH3 is 1. The lowest BCUT2D eigenvalue weighted by Crippen LogP contribution is -2.29. The van der Waals surface area contributed by atoms with Crippen LogP contribution in [0, 0.1) is 0 Å². The number of H-pyrrole nitrogens is 1. The number of benzene rings is 3. The van der Waals surface area contributed by atoms with Crippen molar-refractivity contribution in [3.8, 4) is 34.1 Å². The number of phenols is 1. The highest BCUT2D eigenvalue weighted by molar-refractivity contribution is 5.98. The van der Waals surface area contributed by atoms with Crippen molar-refractivity contribution in [1.29, 1.82) is 0 Å². The number of phenolic OH excluding ortho intramolecular Hbond substituents is 1. The highest BCUT2D eigenvalue weighted by Gasteiger charge is 2.18. The first kappa shape index (κ1) is 25.8. The van der Waals surface area contributed by atoms with Crippen LogP contribution in [0.4, 0.5) is 0 Å². The van der Waals surface area contributed by atoms with Crippen molar-refractivity contribution in [2.24, 2.45) is 0 Å². The molecule has 0 spiro atoms. The number of nitrogens with one attached hydrogen (secondary N) is 2. The molecule has 3 heterocycles. The minimum atomic E-state index is -0.218. The zero-order valence-electron chi connectivity index (χ0n) is 22.2. The molecule has 0 radical (unpaired) electrons. The van der Waals surface area contributed by atoms with E-state index < -0.39 is 0 Å². The van der Waals surface area contributed by atoms with Crippen LogP contribution in [0.2, 0.25) is 0 Å². The van der Waals surface area contributed by atoms with Gasteiger partial charge in [-0.3, -0.25) is 9.48 Å². The summed E-state index contributed by atoms with van der Waals surface area (Å²) < 4.78 is 7.15. The van der Waals surface area contributed by atoms with Crippen molar-refractivity contribution in [3.05, 3.63) is 109 Å². The predicted octanol–water partition coefficient (Wildman–Crippen LogP) is 5.16. The number of carbonyl (C=O) groups excluding carboxylic acids is 1. The summed E-state index contributed by atoms with van der Waals surface area (Å²) in [7, 11) is 1.57. The number of pyridine rings is 1. The van der Waals surface area contributed by atoms with Gasteiger partial charge < -0.3 is 20.1 Å². The van der Waals surface area contributed by atoms with Crippen LogP contribution in [0.1, 0.15) is 28.4 Å². The van der Waals surface area contributed by atoms with Crippen LogP contribution in [0.15, 0.2) is 97.7 Å². The van der Waals surface area contributed by atoms with Gasteiger partial charge in [-0.25, -0.2) is 15.0 Å². The quantitative estimate of drug-likeness (QED) is 0.229. The van der Waals surface area contributed by atoms with Gasteiger partial charge in [0.1, 0.15) is 24.2 Å². The Morgan fingerprint density at radius 2 is 1.93 bits per heavy atom. The number of nitrogens with zero attached hydrogens (tertiary/aromatic N) is 5. The van der Waals surface area contributed by atoms with Crippen molar-refractivity contribution < 1.29 is 14.6 Å². The lowest BCUT2D eigenvalue weighted by Gasteiger charge is -2.19. The summed E-state index contributed by atoms with van der Waals surface area (Å²) >= 11 is 0. The molecule has 6 aromatic rings. The second kappa shape index (κ2) is 11.3. The molecule has 1 amide bonds. The third-order valence-corrected chi connectivity index (χ3v) is 6.89. The summed E-state index contributed by atoms with van der Waals surface area (Å²) in [6.45, 7) is 0.607. The van der Waals surface area contributed by atoms with Crippen LogP contribution in [0.3, 0.4) is 0 Å². The van der Waals surface area contributed by atoms with Gasteiger partial charge in [-0.05, 0) is 60.0 Å². The first-order valence-electron chi connectivity index (χ1n) is 13.1. The summed E-state index contributed by atoms with van der Waals surface area (Å²) in [5.41, 5.74) is 4.98. The highest BCUT2D eigenvalue weighted by atomic mass is 16.5. The predicted molar refractivity (Wildman–Crippen MR) is 154 cm³/mol. The van der Waals surface area contributed by atoms with E-state index in [1.807, 2.05) is 48.5 Å². The monoisotopic (exact) mass is 545 g/mol. The maximum absolute atomic E-state index is 13.4. The Morgan fingerprint density at radius 3 is 2.73 bits per heavy atom. The number of carbonyl (C=O) groups is 1. The molecule has 0 aliphatic rings. The number of aromatic nitrogens is 6. The largest absolute Gasteiger partial charge is 0.507 e. The number of aromatic hydroxyl groups is 1. The van der Waals surface area contributed by atoms with E-state index in [0.29, 0.717) is 46.8 Å². The lowest BCUT2D eigenvalue weighted by atomic mass is 10.0. The fraction of sp³-hybridized carbons (Fsp3) is 0.129. The van der Waals surface area contributed by atoms with Crippen molar-refractivity contribution in [2.75, 3.05) is 7.11 Å². The Morgan fingerprint density at radius 1 is 1.05 bits per heavy atom. The van der Waals surface area contributed by atoms with E-state index in [4.69, 9.17) is 4.74 Å². The average molecular weight is 546 g/mol. The van der Waals surface area contributed by atoms with Gasteiger partial charge in [0, 0.05) is 23.9 Å². The molecule has 0 fully saturated rings. The third kappa shape index (κ3) is 5.48. The Balaban J connectivity index is 1.27. The first-order valence-corrected chi connectivity index (χ1v) is 13.1. The van der Waals surface area contributed by atoms with Crippen molar-refractivity contribution >= 4 is 16.9 Å². The minimum absolute atomic E-state index is 0.0757. The molecular weight excluding hydrogens is 518 g/mol. The van der Waals surface area contributed by atoms with E-state index in [2.05, 4.69) is 30.4 Å². The van der Waals surface area contributed by atoms with Gasteiger partial charge in [0.15, 0.2) is 0 Å². The van der Waals surface area contributed by atoms with E-state index in [1.54, 1.807) is 54.6 Å². The second-order valence-electron chi connectivity index (χ2n) is 9.49. The van der Waals surface area contributed by atoms with E-state index in [-0.39, 0.29) is 17.7 Å². The summed E-state index contributed by atoms with van der Waals surface area (Å²) in [6.07, 6.45) is 5.46. The molecule has 1 atom stereocenters. The number of hydrogen-bond donors (Lipinski definition) is 3. The molecule has 6 rings (SSSR count). The number of amides is 1. The maximum Gasteiger partial charge on any atom is 0.251 e. The number of rotatable bonds is 9. The summed E-state index contributed by atoms with van der Waals surface area (Å²) in [4.78, 5) is 29.6. The van der Waals surface area contributed by atoms with Crippen molar-refractivity contribution in [3.63, 3.8) is 0 Å². The van der Waals surface area contributed by atoms with Gasteiger partial charge in [-0.2, -0.15) is 5.10 Å². The van der Waals surface area contributed by atoms with Crippen molar-refractivity contribution in [1.82, 2.24) is 35.0 Å². The first-order chi connectivity index (χ1) is 20.1. The minimum Gasteiger partial charge on any atom is -0.507 e. The van der Waals surface area contributed by atoms with Gasteiger partial charge in [-0.15, -0.1) is 0 Å². The molecule has 41 heavy (non-hydrogen) atoms.